The van der Waals surface area contributed by atoms with Crippen LogP contribution in [0.15, 0.2) is 72.8 Å². The number of pyridine rings is 1. The van der Waals surface area contributed by atoms with E-state index in [1.54, 1.807) is 0 Å². The number of aromatic amines is 1. The van der Waals surface area contributed by atoms with Crippen LogP contribution < -0.4 is 5.73 Å². The highest BCUT2D eigenvalue weighted by molar-refractivity contribution is 5.87. The fraction of sp³-hybridized carbons (Fsp3) is 0.0833. The van der Waals surface area contributed by atoms with Crippen LogP contribution in [0.5, 0.6) is 0 Å². The van der Waals surface area contributed by atoms with Gasteiger partial charge in [-0.2, -0.15) is 5.21 Å². The zero-order valence-corrected chi connectivity index (χ0v) is 16.5. The Bertz CT molecular complexity index is 1320. The second-order valence-electron chi connectivity index (χ2n) is 7.26. The van der Waals surface area contributed by atoms with Gasteiger partial charge < -0.3 is 5.73 Å². The first kappa shape index (κ1) is 18.0. The summed E-state index contributed by atoms with van der Waals surface area (Å²) in [5.41, 5.74) is 14.4. The molecule has 30 heavy (non-hydrogen) atoms. The van der Waals surface area contributed by atoms with Crippen molar-refractivity contribution in [2.75, 3.05) is 5.73 Å². The van der Waals surface area contributed by atoms with Crippen LogP contribution in [0, 0.1) is 6.92 Å². The van der Waals surface area contributed by atoms with E-state index in [1.165, 1.54) is 5.56 Å². The molecule has 0 fully saturated rings. The molecule has 0 bridgehead atoms. The Hall–Kier alpha value is -4.06. The van der Waals surface area contributed by atoms with Gasteiger partial charge in [0.1, 0.15) is 0 Å². The lowest BCUT2D eigenvalue weighted by atomic mass is 9.95. The van der Waals surface area contributed by atoms with Gasteiger partial charge in [0, 0.05) is 17.4 Å². The predicted octanol–water partition coefficient (Wildman–Crippen LogP) is 4.56. The summed E-state index contributed by atoms with van der Waals surface area (Å²) in [5.74, 6) is 0.584. The number of tetrazole rings is 1. The lowest BCUT2D eigenvalue weighted by molar-refractivity contribution is 0.881. The Morgan fingerprint density at radius 3 is 2.37 bits per heavy atom. The maximum Gasteiger partial charge on any atom is 0.205 e. The van der Waals surface area contributed by atoms with E-state index in [4.69, 9.17) is 5.73 Å². The number of nitrogens with one attached hydrogen (secondary N) is 1. The Balaban J connectivity index is 1.51. The maximum atomic E-state index is 6.41. The normalized spacial score (nSPS) is 11.1. The third-order valence-electron chi connectivity index (χ3n) is 5.39. The summed E-state index contributed by atoms with van der Waals surface area (Å²) in [5, 5.41) is 15.6. The third kappa shape index (κ3) is 3.18. The van der Waals surface area contributed by atoms with E-state index in [0.717, 1.165) is 51.0 Å². The van der Waals surface area contributed by atoms with Gasteiger partial charge in [-0.15, -0.1) is 10.2 Å². The van der Waals surface area contributed by atoms with Gasteiger partial charge in [0.25, 0.3) is 0 Å². The Labute approximate surface area is 173 Å². The van der Waals surface area contributed by atoms with Crippen molar-refractivity contribution in [1.82, 2.24) is 25.6 Å². The molecule has 2 aromatic heterocycles. The lowest BCUT2D eigenvalue weighted by Gasteiger charge is -2.13. The standard InChI is InChI=1S/C24H20N6/c1-15-23(25)21(19-7-4-5-9-22(19)26-15)14-16-10-12-17(13-11-16)18-6-2-3-8-20(18)24-27-29-30-28-24/h2-13H,14,25H2,1H3,(H,27,28,29,30). The highest BCUT2D eigenvalue weighted by atomic mass is 15.5. The summed E-state index contributed by atoms with van der Waals surface area (Å²) in [7, 11) is 0. The minimum Gasteiger partial charge on any atom is -0.397 e. The number of aryl methyl sites for hydroxylation is 1. The summed E-state index contributed by atoms with van der Waals surface area (Å²) in [4.78, 5) is 4.62. The minimum absolute atomic E-state index is 0.584. The van der Waals surface area contributed by atoms with E-state index in [0.29, 0.717) is 5.82 Å². The number of hydrogen-bond donors (Lipinski definition) is 2. The van der Waals surface area contributed by atoms with Gasteiger partial charge in [-0.05, 0) is 40.5 Å². The lowest BCUT2D eigenvalue weighted by Crippen LogP contribution is -2.02. The highest BCUT2D eigenvalue weighted by Crippen LogP contribution is 2.31. The van der Waals surface area contributed by atoms with Crippen LogP contribution in [-0.2, 0) is 6.42 Å². The van der Waals surface area contributed by atoms with Crippen molar-refractivity contribution in [1.29, 1.82) is 0 Å². The number of rotatable bonds is 4. The molecule has 3 N–H and O–H groups in total. The summed E-state index contributed by atoms with van der Waals surface area (Å²) in [6, 6.07) is 24.7. The fourth-order valence-corrected chi connectivity index (χ4v) is 3.83. The predicted molar refractivity (Wildman–Crippen MR) is 119 cm³/mol. The zero-order valence-electron chi connectivity index (χ0n) is 16.5. The molecule has 0 aliphatic heterocycles. The van der Waals surface area contributed by atoms with Crippen LogP contribution in [0.1, 0.15) is 16.8 Å². The number of hydrogen-bond acceptors (Lipinski definition) is 5. The summed E-state index contributed by atoms with van der Waals surface area (Å²) >= 11 is 0. The van der Waals surface area contributed by atoms with Crippen molar-refractivity contribution < 1.29 is 0 Å². The van der Waals surface area contributed by atoms with Gasteiger partial charge in [0.05, 0.1) is 16.9 Å². The number of H-pyrrole nitrogens is 1. The molecule has 0 atom stereocenters. The minimum atomic E-state index is 0.584. The second-order valence-corrected chi connectivity index (χ2v) is 7.26. The van der Waals surface area contributed by atoms with Crippen molar-refractivity contribution in [2.45, 2.75) is 13.3 Å². The topological polar surface area (TPSA) is 93.4 Å². The molecule has 0 aliphatic rings. The Kier molecular flexibility index (Phi) is 4.44. The SMILES string of the molecule is Cc1nc2ccccc2c(Cc2ccc(-c3ccccc3-c3nn[nH]n3)cc2)c1N. The van der Waals surface area contributed by atoms with Crippen LogP contribution >= 0.6 is 0 Å². The smallest absolute Gasteiger partial charge is 0.205 e. The van der Waals surface area contributed by atoms with Gasteiger partial charge in [-0.25, -0.2) is 0 Å². The van der Waals surface area contributed by atoms with E-state index < -0.39 is 0 Å². The van der Waals surface area contributed by atoms with Crippen LogP contribution in [-0.4, -0.2) is 25.6 Å². The Morgan fingerprint density at radius 1 is 0.867 bits per heavy atom. The molecule has 0 saturated carbocycles. The number of anilines is 1. The molecular formula is C24H20N6. The van der Waals surface area contributed by atoms with E-state index in [-0.39, 0.29) is 0 Å². The second kappa shape index (κ2) is 7.40. The van der Waals surface area contributed by atoms with Gasteiger partial charge in [-0.3, -0.25) is 4.98 Å². The van der Waals surface area contributed by atoms with Crippen LogP contribution in [0.4, 0.5) is 5.69 Å². The van der Waals surface area contributed by atoms with Gasteiger partial charge in [0.15, 0.2) is 0 Å². The van der Waals surface area contributed by atoms with Crippen molar-refractivity contribution in [2.24, 2.45) is 0 Å². The van der Waals surface area contributed by atoms with Crippen LogP contribution in [0.3, 0.4) is 0 Å². The van der Waals surface area contributed by atoms with E-state index >= 15 is 0 Å². The summed E-state index contributed by atoms with van der Waals surface area (Å²) in [6.07, 6.45) is 0.752. The Morgan fingerprint density at radius 2 is 1.60 bits per heavy atom. The molecule has 3 aromatic carbocycles. The van der Waals surface area contributed by atoms with Gasteiger partial charge in [0.2, 0.25) is 5.82 Å². The molecule has 0 amide bonds. The van der Waals surface area contributed by atoms with E-state index in [2.05, 4.69) is 62.0 Å². The maximum absolute atomic E-state index is 6.41. The van der Waals surface area contributed by atoms with E-state index in [9.17, 15) is 0 Å². The molecule has 5 rings (SSSR count). The number of nitrogens with zero attached hydrogens (tertiary/aromatic N) is 4. The zero-order chi connectivity index (χ0) is 20.5. The van der Waals surface area contributed by atoms with Crippen molar-refractivity contribution in [3.8, 4) is 22.5 Å². The number of para-hydroxylation sites is 1. The number of benzene rings is 3. The average Bonchev–Trinajstić information content (AvgIpc) is 3.32. The molecular weight excluding hydrogens is 372 g/mol. The van der Waals surface area contributed by atoms with Crippen molar-refractivity contribution in [3.05, 3.63) is 89.6 Å². The number of nitrogen functional groups attached to an aromatic ring is 1. The van der Waals surface area contributed by atoms with Gasteiger partial charge >= 0.3 is 0 Å². The molecule has 6 nitrogen and oxygen atoms in total. The third-order valence-corrected chi connectivity index (χ3v) is 5.39. The van der Waals surface area contributed by atoms with E-state index in [1.807, 2.05) is 43.3 Å². The molecule has 5 aromatic rings. The van der Waals surface area contributed by atoms with Gasteiger partial charge in [-0.1, -0.05) is 66.7 Å². The summed E-state index contributed by atoms with van der Waals surface area (Å²) < 4.78 is 0. The molecule has 146 valence electrons. The molecule has 6 heteroatoms. The molecule has 0 spiro atoms. The molecule has 0 radical (unpaired) electrons. The largest absolute Gasteiger partial charge is 0.397 e. The van der Waals surface area contributed by atoms with Crippen LogP contribution in [0.25, 0.3) is 33.4 Å². The quantitative estimate of drug-likeness (QED) is 0.467. The number of fused-ring (bicyclic) bond motifs is 1. The monoisotopic (exact) mass is 392 g/mol. The highest BCUT2D eigenvalue weighted by Gasteiger charge is 2.13. The number of nitrogens with two attached hydrogens (primary N) is 1. The average molecular weight is 392 g/mol. The molecule has 0 unspecified atom stereocenters. The first-order chi connectivity index (χ1) is 14.7. The first-order valence-electron chi connectivity index (χ1n) is 9.76. The molecule has 2 heterocycles. The number of aromatic nitrogens is 5. The summed E-state index contributed by atoms with van der Waals surface area (Å²) in [6.45, 7) is 1.96. The first-order valence-corrected chi connectivity index (χ1v) is 9.76. The van der Waals surface area contributed by atoms with Crippen LogP contribution in [0.2, 0.25) is 0 Å². The molecule has 0 aliphatic carbocycles. The molecule has 0 saturated heterocycles. The fourth-order valence-electron chi connectivity index (χ4n) is 3.83. The van der Waals surface area contributed by atoms with Crippen molar-refractivity contribution >= 4 is 16.6 Å². The van der Waals surface area contributed by atoms with Crippen molar-refractivity contribution in [3.63, 3.8) is 0 Å².